The highest BCUT2D eigenvalue weighted by molar-refractivity contribution is 8.00. The molecule has 1 heterocycles. The minimum atomic E-state index is -0.568. The molecule has 13 heteroatoms. The highest BCUT2D eigenvalue weighted by Gasteiger charge is 2.19. The van der Waals surface area contributed by atoms with Gasteiger partial charge in [0, 0.05) is 43.3 Å². The summed E-state index contributed by atoms with van der Waals surface area (Å²) in [5.74, 6) is -0.375. The number of thioether (sulfide) groups is 2. The van der Waals surface area contributed by atoms with Gasteiger partial charge in [-0.2, -0.15) is 9.36 Å². The first-order valence-corrected chi connectivity index (χ1v) is 16.0. The molecule has 1 unspecified atom stereocenters. The summed E-state index contributed by atoms with van der Waals surface area (Å²) in [6.45, 7) is 3.81. The van der Waals surface area contributed by atoms with Crippen LogP contribution in [0.15, 0.2) is 88.5 Å². The molecule has 4 aromatic rings. The second-order valence-corrected chi connectivity index (χ2v) is 12.8. The van der Waals surface area contributed by atoms with Crippen LogP contribution in [0.3, 0.4) is 0 Å². The Balaban J connectivity index is 1.44. The van der Waals surface area contributed by atoms with Crippen molar-refractivity contribution < 1.29 is 14.4 Å². The Hall–Kier alpha value is -3.35. The van der Waals surface area contributed by atoms with E-state index in [9.17, 15) is 14.4 Å². The number of aromatic nitrogens is 2. The zero-order chi connectivity index (χ0) is 30.1. The van der Waals surface area contributed by atoms with E-state index in [4.69, 9.17) is 23.2 Å². The van der Waals surface area contributed by atoms with Gasteiger partial charge >= 0.3 is 0 Å². The number of carbonyl (C=O) groups excluding carboxylic acids is 3. The third kappa shape index (κ3) is 8.83. The lowest BCUT2D eigenvalue weighted by atomic mass is 10.1. The molecule has 4 rings (SSSR count). The number of halogens is 2. The summed E-state index contributed by atoms with van der Waals surface area (Å²) in [5.41, 5.74) is 1.22. The second-order valence-electron chi connectivity index (χ2n) is 8.56. The Labute approximate surface area is 265 Å². The molecule has 42 heavy (non-hydrogen) atoms. The standard InChI is InChI=1S/C29H25Cl2N5O3S3/c1-3-40-29-35-28(42-36-29)34-25(37)17(2)41-20-14-12-19(13-15-20)32-27(39)24(16-21-22(30)10-7-11-23(21)31)33-26(38)18-8-5-4-6-9-18/h4-17H,3H2,1-2H3,(H,32,39)(H,33,38)(H,34,35,36,37)/b24-16-. The van der Waals surface area contributed by atoms with Crippen LogP contribution in [0, 0.1) is 0 Å². The van der Waals surface area contributed by atoms with E-state index in [2.05, 4.69) is 25.3 Å². The molecule has 1 atom stereocenters. The van der Waals surface area contributed by atoms with Gasteiger partial charge < -0.3 is 10.6 Å². The van der Waals surface area contributed by atoms with Gasteiger partial charge in [-0.05, 0) is 67.3 Å². The van der Waals surface area contributed by atoms with E-state index in [1.54, 1.807) is 79.7 Å². The maximum atomic E-state index is 13.3. The van der Waals surface area contributed by atoms with Crippen molar-refractivity contribution in [2.24, 2.45) is 0 Å². The largest absolute Gasteiger partial charge is 0.321 e. The lowest BCUT2D eigenvalue weighted by molar-refractivity contribution is -0.115. The molecule has 0 spiro atoms. The molecule has 3 amide bonds. The van der Waals surface area contributed by atoms with Crippen molar-refractivity contribution in [1.82, 2.24) is 14.7 Å². The van der Waals surface area contributed by atoms with Crippen molar-refractivity contribution in [1.29, 1.82) is 0 Å². The van der Waals surface area contributed by atoms with Gasteiger partial charge in [0.25, 0.3) is 11.8 Å². The van der Waals surface area contributed by atoms with Crippen LogP contribution in [-0.4, -0.2) is 38.1 Å². The lowest BCUT2D eigenvalue weighted by Crippen LogP contribution is -2.30. The summed E-state index contributed by atoms with van der Waals surface area (Å²) < 4.78 is 4.21. The van der Waals surface area contributed by atoms with Crippen LogP contribution >= 0.6 is 58.3 Å². The van der Waals surface area contributed by atoms with Crippen LogP contribution in [0.1, 0.15) is 29.8 Å². The normalized spacial score (nSPS) is 12.0. The highest BCUT2D eigenvalue weighted by Crippen LogP contribution is 2.28. The van der Waals surface area contributed by atoms with Crippen molar-refractivity contribution in [3.05, 3.63) is 99.7 Å². The van der Waals surface area contributed by atoms with E-state index >= 15 is 0 Å². The molecule has 1 aromatic heterocycles. The van der Waals surface area contributed by atoms with Crippen LogP contribution in [-0.2, 0) is 9.59 Å². The third-order valence-electron chi connectivity index (χ3n) is 5.52. The molecule has 3 N–H and O–H groups in total. The van der Waals surface area contributed by atoms with E-state index in [0.29, 0.717) is 37.1 Å². The molecule has 0 saturated carbocycles. The summed E-state index contributed by atoms with van der Waals surface area (Å²) in [7, 11) is 0. The van der Waals surface area contributed by atoms with Gasteiger partial charge in [-0.15, -0.1) is 11.8 Å². The lowest BCUT2D eigenvalue weighted by Gasteiger charge is -2.13. The molecular weight excluding hydrogens is 633 g/mol. The van der Waals surface area contributed by atoms with Crippen LogP contribution in [0.2, 0.25) is 10.0 Å². The maximum absolute atomic E-state index is 13.3. The summed E-state index contributed by atoms with van der Waals surface area (Å²) in [5, 5.41) is 9.62. The maximum Gasteiger partial charge on any atom is 0.272 e. The van der Waals surface area contributed by atoms with Crippen molar-refractivity contribution >= 4 is 92.9 Å². The van der Waals surface area contributed by atoms with E-state index in [1.165, 1.54) is 29.6 Å². The Morgan fingerprint density at radius 3 is 2.31 bits per heavy atom. The fraction of sp³-hybridized carbons (Fsp3) is 0.138. The molecule has 0 aliphatic carbocycles. The average molecular weight is 659 g/mol. The molecular formula is C29H25Cl2N5O3S3. The fourth-order valence-electron chi connectivity index (χ4n) is 3.46. The monoisotopic (exact) mass is 657 g/mol. The molecule has 0 aliphatic rings. The quantitative estimate of drug-likeness (QED) is 0.113. The predicted molar refractivity (Wildman–Crippen MR) is 174 cm³/mol. The van der Waals surface area contributed by atoms with Crippen LogP contribution < -0.4 is 16.0 Å². The van der Waals surface area contributed by atoms with E-state index in [1.807, 2.05) is 6.92 Å². The van der Waals surface area contributed by atoms with Gasteiger partial charge in [0.2, 0.25) is 16.2 Å². The second kappa shape index (κ2) is 15.2. The van der Waals surface area contributed by atoms with E-state index in [0.717, 1.165) is 22.2 Å². The summed E-state index contributed by atoms with van der Waals surface area (Å²) in [6.07, 6.45) is 1.44. The number of rotatable bonds is 11. The van der Waals surface area contributed by atoms with Gasteiger partial charge in [-0.1, -0.05) is 66.2 Å². The molecule has 0 saturated heterocycles. The minimum absolute atomic E-state index is 0.0419. The fourth-order valence-corrected chi connectivity index (χ4v) is 6.11. The molecule has 0 aliphatic heterocycles. The third-order valence-corrected chi connectivity index (χ3v) is 8.77. The summed E-state index contributed by atoms with van der Waals surface area (Å²) in [6, 6.07) is 20.5. The molecule has 0 bridgehead atoms. The van der Waals surface area contributed by atoms with Crippen molar-refractivity contribution in [3.63, 3.8) is 0 Å². The van der Waals surface area contributed by atoms with Crippen molar-refractivity contribution in [2.75, 3.05) is 16.4 Å². The highest BCUT2D eigenvalue weighted by atomic mass is 35.5. The number of hydrogen-bond acceptors (Lipinski definition) is 8. The number of carbonyl (C=O) groups is 3. The number of amides is 3. The first-order valence-electron chi connectivity index (χ1n) is 12.6. The van der Waals surface area contributed by atoms with Crippen molar-refractivity contribution in [2.45, 2.75) is 29.1 Å². The van der Waals surface area contributed by atoms with Crippen LogP contribution in [0.4, 0.5) is 10.8 Å². The topological polar surface area (TPSA) is 113 Å². The van der Waals surface area contributed by atoms with Gasteiger partial charge in [-0.25, -0.2) is 0 Å². The summed E-state index contributed by atoms with van der Waals surface area (Å²) >= 11 is 16.7. The Morgan fingerprint density at radius 2 is 1.64 bits per heavy atom. The van der Waals surface area contributed by atoms with Crippen LogP contribution in [0.25, 0.3) is 6.08 Å². The number of benzene rings is 3. The van der Waals surface area contributed by atoms with Crippen molar-refractivity contribution in [3.8, 4) is 0 Å². The molecule has 3 aromatic carbocycles. The molecule has 0 fully saturated rings. The smallest absolute Gasteiger partial charge is 0.272 e. The predicted octanol–water partition coefficient (Wildman–Crippen LogP) is 7.49. The Kier molecular flexibility index (Phi) is 11.4. The first-order chi connectivity index (χ1) is 20.2. The zero-order valence-electron chi connectivity index (χ0n) is 22.4. The Bertz CT molecular complexity index is 1580. The van der Waals surface area contributed by atoms with Gasteiger partial charge in [0.1, 0.15) is 5.70 Å². The number of nitrogens with one attached hydrogen (secondary N) is 3. The van der Waals surface area contributed by atoms with Crippen LogP contribution in [0.5, 0.6) is 0 Å². The van der Waals surface area contributed by atoms with Gasteiger partial charge in [0.05, 0.1) is 5.25 Å². The number of hydrogen-bond donors (Lipinski definition) is 3. The number of nitrogens with zero attached hydrogens (tertiary/aromatic N) is 2. The summed E-state index contributed by atoms with van der Waals surface area (Å²) in [4.78, 5) is 44.0. The molecule has 8 nitrogen and oxygen atoms in total. The molecule has 0 radical (unpaired) electrons. The Morgan fingerprint density at radius 1 is 0.952 bits per heavy atom. The van der Waals surface area contributed by atoms with E-state index in [-0.39, 0.29) is 11.6 Å². The average Bonchev–Trinajstić information content (AvgIpc) is 3.42. The van der Waals surface area contributed by atoms with E-state index < -0.39 is 17.1 Å². The van der Waals surface area contributed by atoms with Gasteiger partial charge in [-0.3, -0.25) is 19.7 Å². The molecule has 216 valence electrons. The number of anilines is 2. The van der Waals surface area contributed by atoms with Gasteiger partial charge in [0.15, 0.2) is 0 Å². The zero-order valence-corrected chi connectivity index (χ0v) is 26.4. The first kappa shape index (κ1) is 31.6. The SMILES string of the molecule is CCSc1nsc(NC(=O)C(C)Sc2ccc(NC(=O)/C(=C/c3c(Cl)cccc3Cl)NC(=O)c3ccccc3)cc2)n1. The minimum Gasteiger partial charge on any atom is -0.321 e.